The summed E-state index contributed by atoms with van der Waals surface area (Å²) < 4.78 is 17.1. The Kier molecular flexibility index (Phi) is 2.13. The second kappa shape index (κ2) is 2.94. The number of ether oxygens (including phenoxy) is 3. The molecule has 0 aromatic carbocycles. The topological polar surface area (TPSA) is 27.7 Å². The van der Waals surface area contributed by atoms with Gasteiger partial charge in [0.05, 0.1) is 19.8 Å². The molecule has 3 nitrogen and oxygen atoms in total. The van der Waals surface area contributed by atoms with Gasteiger partial charge in [-0.1, -0.05) is 20.8 Å². The van der Waals surface area contributed by atoms with E-state index in [0.29, 0.717) is 0 Å². The highest BCUT2D eigenvalue weighted by Gasteiger charge is 2.48. The molecule has 2 bridgehead atoms. The van der Waals surface area contributed by atoms with E-state index in [1.165, 1.54) is 0 Å². The molecule has 0 aromatic heterocycles. The standard InChI is InChI=1S/C10H18O3/c1-8(2)10-11-5-4-9(3,6-12-10)7-13-10/h8H,4-7H2,1-3H3. The van der Waals surface area contributed by atoms with E-state index in [2.05, 4.69) is 20.8 Å². The van der Waals surface area contributed by atoms with Gasteiger partial charge in [0.25, 0.3) is 5.97 Å². The molecule has 3 rings (SSSR count). The molecule has 76 valence electrons. The summed E-state index contributed by atoms with van der Waals surface area (Å²) in [6.45, 7) is 8.57. The zero-order valence-corrected chi connectivity index (χ0v) is 8.63. The molecule has 13 heavy (non-hydrogen) atoms. The molecule has 0 saturated carbocycles. The Hall–Kier alpha value is -0.120. The van der Waals surface area contributed by atoms with Gasteiger partial charge in [-0.2, -0.15) is 0 Å². The summed E-state index contributed by atoms with van der Waals surface area (Å²) in [7, 11) is 0. The maximum atomic E-state index is 5.71. The average Bonchev–Trinajstić information content (AvgIpc) is 2.34. The van der Waals surface area contributed by atoms with Crippen LogP contribution >= 0.6 is 0 Å². The van der Waals surface area contributed by atoms with Crippen molar-refractivity contribution in [2.45, 2.75) is 33.2 Å². The molecule has 0 atom stereocenters. The van der Waals surface area contributed by atoms with Crippen molar-refractivity contribution in [1.29, 1.82) is 0 Å². The fourth-order valence-electron chi connectivity index (χ4n) is 1.80. The summed E-state index contributed by atoms with van der Waals surface area (Å²) >= 11 is 0. The van der Waals surface area contributed by atoms with E-state index in [0.717, 1.165) is 26.2 Å². The minimum absolute atomic E-state index is 0.162. The van der Waals surface area contributed by atoms with E-state index >= 15 is 0 Å². The van der Waals surface area contributed by atoms with E-state index in [9.17, 15) is 0 Å². The van der Waals surface area contributed by atoms with Gasteiger partial charge < -0.3 is 14.2 Å². The fourth-order valence-corrected chi connectivity index (χ4v) is 1.80. The highest BCUT2D eigenvalue weighted by molar-refractivity contribution is 4.83. The molecule has 0 aliphatic carbocycles. The van der Waals surface area contributed by atoms with Gasteiger partial charge in [-0.25, -0.2) is 0 Å². The molecule has 3 heterocycles. The maximum Gasteiger partial charge on any atom is 0.285 e. The Morgan fingerprint density at radius 3 is 2.23 bits per heavy atom. The molecule has 3 fully saturated rings. The van der Waals surface area contributed by atoms with Crippen LogP contribution in [0.25, 0.3) is 0 Å². The summed E-state index contributed by atoms with van der Waals surface area (Å²) in [4.78, 5) is 0. The molecule has 0 N–H and O–H groups in total. The van der Waals surface area contributed by atoms with Crippen molar-refractivity contribution in [3.05, 3.63) is 0 Å². The highest BCUT2D eigenvalue weighted by atomic mass is 16.9. The van der Waals surface area contributed by atoms with Gasteiger partial charge in [0.1, 0.15) is 0 Å². The van der Waals surface area contributed by atoms with Crippen LogP contribution in [0.5, 0.6) is 0 Å². The van der Waals surface area contributed by atoms with Gasteiger partial charge in [0, 0.05) is 11.3 Å². The van der Waals surface area contributed by atoms with Crippen molar-refractivity contribution < 1.29 is 14.2 Å². The highest BCUT2D eigenvalue weighted by Crippen LogP contribution is 2.40. The van der Waals surface area contributed by atoms with Crippen LogP contribution in [0.4, 0.5) is 0 Å². The molecule has 0 amide bonds. The van der Waals surface area contributed by atoms with Crippen LogP contribution in [-0.4, -0.2) is 25.8 Å². The molecule has 3 heteroatoms. The SMILES string of the molecule is CC(C)C12OCCC(C)(CO1)CO2. The van der Waals surface area contributed by atoms with E-state index < -0.39 is 5.97 Å². The Labute approximate surface area is 79.4 Å². The van der Waals surface area contributed by atoms with Crippen LogP contribution in [0.1, 0.15) is 27.2 Å². The van der Waals surface area contributed by atoms with Gasteiger partial charge in [0.2, 0.25) is 0 Å². The van der Waals surface area contributed by atoms with Crippen molar-refractivity contribution in [3.63, 3.8) is 0 Å². The smallest absolute Gasteiger partial charge is 0.285 e. The quantitative estimate of drug-likeness (QED) is 0.624. The van der Waals surface area contributed by atoms with E-state index in [1.807, 2.05) is 0 Å². The maximum absolute atomic E-state index is 5.71. The van der Waals surface area contributed by atoms with Crippen LogP contribution in [0, 0.1) is 11.3 Å². The average molecular weight is 186 g/mol. The van der Waals surface area contributed by atoms with Gasteiger partial charge in [-0.15, -0.1) is 0 Å². The zero-order chi connectivity index (χ0) is 9.53. The number of rotatable bonds is 1. The zero-order valence-electron chi connectivity index (χ0n) is 8.63. The van der Waals surface area contributed by atoms with Crippen molar-refractivity contribution >= 4 is 0 Å². The normalized spacial score (nSPS) is 45.2. The van der Waals surface area contributed by atoms with Gasteiger partial charge in [-0.3, -0.25) is 0 Å². The first-order valence-electron chi connectivity index (χ1n) is 4.98. The molecule has 0 unspecified atom stereocenters. The summed E-state index contributed by atoms with van der Waals surface area (Å²) in [5.41, 5.74) is 0.162. The fraction of sp³-hybridized carbons (Fsp3) is 1.00. The summed E-state index contributed by atoms with van der Waals surface area (Å²) in [6.07, 6.45) is 1.03. The minimum atomic E-state index is -0.754. The van der Waals surface area contributed by atoms with Crippen LogP contribution in [0.3, 0.4) is 0 Å². The first kappa shape index (κ1) is 9.44. The molecule has 0 radical (unpaired) electrons. The lowest BCUT2D eigenvalue weighted by molar-refractivity contribution is -0.418. The van der Waals surface area contributed by atoms with Crippen molar-refractivity contribution in [2.75, 3.05) is 19.8 Å². The molecule has 3 saturated heterocycles. The second-order valence-electron chi connectivity index (χ2n) is 4.74. The number of hydrogen-bond donors (Lipinski definition) is 0. The van der Waals surface area contributed by atoms with Gasteiger partial charge >= 0.3 is 0 Å². The molecule has 3 aliphatic rings. The Morgan fingerprint density at radius 1 is 1.08 bits per heavy atom. The largest absolute Gasteiger partial charge is 0.327 e. The first-order chi connectivity index (χ1) is 6.06. The van der Waals surface area contributed by atoms with Crippen molar-refractivity contribution in [2.24, 2.45) is 11.3 Å². The summed E-state index contributed by atoms with van der Waals surface area (Å²) in [5, 5.41) is 0. The lowest BCUT2D eigenvalue weighted by Gasteiger charge is -2.41. The Balaban J connectivity index is 2.18. The van der Waals surface area contributed by atoms with Crippen LogP contribution in [0.2, 0.25) is 0 Å². The third kappa shape index (κ3) is 1.49. The van der Waals surface area contributed by atoms with Gasteiger partial charge in [0.15, 0.2) is 0 Å². The minimum Gasteiger partial charge on any atom is -0.327 e. The summed E-state index contributed by atoms with van der Waals surface area (Å²) in [5.74, 6) is -0.508. The van der Waals surface area contributed by atoms with Crippen molar-refractivity contribution in [3.8, 4) is 0 Å². The third-order valence-electron chi connectivity index (χ3n) is 2.96. The first-order valence-corrected chi connectivity index (χ1v) is 4.98. The van der Waals surface area contributed by atoms with Crippen molar-refractivity contribution in [1.82, 2.24) is 0 Å². The van der Waals surface area contributed by atoms with Crippen LogP contribution in [0.15, 0.2) is 0 Å². The predicted molar refractivity (Wildman–Crippen MR) is 48.1 cm³/mol. The lowest BCUT2D eigenvalue weighted by Crippen LogP contribution is -2.50. The molecular weight excluding hydrogens is 168 g/mol. The Morgan fingerprint density at radius 2 is 1.69 bits per heavy atom. The van der Waals surface area contributed by atoms with E-state index in [4.69, 9.17) is 14.2 Å². The monoisotopic (exact) mass is 186 g/mol. The Bertz CT molecular complexity index is 192. The van der Waals surface area contributed by atoms with E-state index in [-0.39, 0.29) is 11.3 Å². The van der Waals surface area contributed by atoms with Crippen LogP contribution < -0.4 is 0 Å². The predicted octanol–water partition coefficient (Wildman–Crippen LogP) is 1.77. The lowest BCUT2D eigenvalue weighted by atomic mass is 9.89. The molecule has 0 aromatic rings. The molecule has 0 spiro atoms. The van der Waals surface area contributed by atoms with Gasteiger partial charge in [-0.05, 0) is 6.42 Å². The molecular formula is C10H18O3. The second-order valence-corrected chi connectivity index (χ2v) is 4.74. The van der Waals surface area contributed by atoms with E-state index in [1.54, 1.807) is 0 Å². The third-order valence-corrected chi connectivity index (χ3v) is 2.96. The number of hydrogen-bond acceptors (Lipinski definition) is 3. The van der Waals surface area contributed by atoms with Crippen LogP contribution in [-0.2, 0) is 14.2 Å². The summed E-state index contributed by atoms with van der Waals surface area (Å²) in [6, 6.07) is 0. The number of fused-ring (bicyclic) bond motifs is 4. The molecule has 3 aliphatic heterocycles.